The van der Waals surface area contributed by atoms with Gasteiger partial charge in [0.15, 0.2) is 36.0 Å². The Kier molecular flexibility index (Phi) is 10.9. The van der Waals surface area contributed by atoms with Gasteiger partial charge in [0.1, 0.15) is 23.7 Å². The van der Waals surface area contributed by atoms with Crippen molar-refractivity contribution in [3.8, 4) is 0 Å². The molecule has 0 aliphatic carbocycles. The number of esters is 2. The number of aromatic nitrogens is 4. The van der Waals surface area contributed by atoms with Gasteiger partial charge in [-0.25, -0.2) is 10.4 Å². The zero-order valence-electron chi connectivity index (χ0n) is 26.0. The highest BCUT2D eigenvalue weighted by Gasteiger charge is 2.54. The molecule has 0 radical (unpaired) electrons. The molecule has 7 atom stereocenters. The van der Waals surface area contributed by atoms with Crippen LogP contribution in [0.4, 0.5) is 11.8 Å². The Hall–Kier alpha value is -4.35. The Labute approximate surface area is 260 Å². The molecular weight excluding hydrogens is 588 g/mol. The number of allylic oxidation sites excluding steroid dienone is 1. The molecule has 246 valence electrons. The predicted molar refractivity (Wildman–Crippen MR) is 163 cm³/mol. The first-order valence-corrected chi connectivity index (χ1v) is 14.9. The van der Waals surface area contributed by atoms with Gasteiger partial charge in [-0.1, -0.05) is 27.7 Å². The fraction of sp³-hybridized carbons (Fsp3) is 0.607. The molecule has 17 nitrogen and oxygen atoms in total. The van der Waals surface area contributed by atoms with E-state index in [-0.39, 0.29) is 47.4 Å². The van der Waals surface area contributed by atoms with E-state index in [0.717, 1.165) is 12.8 Å². The Bertz CT molecular complexity index is 1430. The minimum absolute atomic E-state index is 0.0211. The summed E-state index contributed by atoms with van der Waals surface area (Å²) in [5.74, 6) is -2.69. The highest BCUT2D eigenvalue weighted by Crippen LogP contribution is 2.37. The van der Waals surface area contributed by atoms with Crippen molar-refractivity contribution in [3.63, 3.8) is 0 Å². The second-order valence-electron chi connectivity index (χ2n) is 11.5. The highest BCUT2D eigenvalue weighted by molar-refractivity contribution is 5.85. The van der Waals surface area contributed by atoms with Crippen LogP contribution in [0.5, 0.6) is 0 Å². The summed E-state index contributed by atoms with van der Waals surface area (Å²) in [6, 6.07) is -2.03. The number of imidazole rings is 1. The number of nitrogens with zero attached hydrogens (tertiary/aromatic N) is 5. The summed E-state index contributed by atoms with van der Waals surface area (Å²) in [7, 11) is 0. The van der Waals surface area contributed by atoms with Gasteiger partial charge < -0.3 is 41.5 Å². The first-order valence-electron chi connectivity index (χ1n) is 14.9. The lowest BCUT2D eigenvalue weighted by Gasteiger charge is -2.27. The van der Waals surface area contributed by atoms with Crippen molar-refractivity contribution in [2.24, 2.45) is 28.4 Å². The molecule has 45 heavy (non-hydrogen) atoms. The van der Waals surface area contributed by atoms with Crippen LogP contribution in [0.25, 0.3) is 11.2 Å². The van der Waals surface area contributed by atoms with Crippen molar-refractivity contribution in [2.75, 3.05) is 17.7 Å². The SMILES string of the molecule is CCNC(=O)[C@H]1O[C@@H](n2cnc3c(N)nc(N/N=C/[C@H]4CCC=CO4)nc32)[C@H](OC(=O)[C@@H](N)C(C)C)[C@@H]1OC(=O)[C@@H](N)C(C)C. The van der Waals surface area contributed by atoms with Crippen LogP contribution in [0.3, 0.4) is 0 Å². The van der Waals surface area contributed by atoms with Gasteiger partial charge in [0.2, 0.25) is 5.95 Å². The normalized spacial score (nSPS) is 24.5. The number of nitrogen functional groups attached to an aromatic ring is 1. The molecule has 2 aromatic heterocycles. The van der Waals surface area contributed by atoms with E-state index in [9.17, 15) is 14.4 Å². The lowest BCUT2D eigenvalue weighted by molar-refractivity contribution is -0.171. The van der Waals surface area contributed by atoms with Crippen LogP contribution >= 0.6 is 0 Å². The van der Waals surface area contributed by atoms with Crippen molar-refractivity contribution in [1.29, 1.82) is 0 Å². The van der Waals surface area contributed by atoms with Crippen molar-refractivity contribution in [3.05, 3.63) is 18.7 Å². The molecule has 0 bridgehead atoms. The molecule has 4 rings (SSSR count). The maximum absolute atomic E-state index is 13.2. The van der Waals surface area contributed by atoms with Crippen LogP contribution < -0.4 is 27.9 Å². The summed E-state index contributed by atoms with van der Waals surface area (Å²) in [5.41, 5.74) is 21.5. The van der Waals surface area contributed by atoms with Gasteiger partial charge in [-0.15, -0.1) is 0 Å². The van der Waals surface area contributed by atoms with Crippen LogP contribution in [-0.4, -0.2) is 86.6 Å². The van der Waals surface area contributed by atoms with Crippen LogP contribution in [0.1, 0.15) is 53.7 Å². The van der Waals surface area contributed by atoms with Crippen LogP contribution in [0.2, 0.25) is 0 Å². The number of anilines is 2. The Morgan fingerprint density at radius 3 is 2.38 bits per heavy atom. The van der Waals surface area contributed by atoms with E-state index in [4.69, 9.17) is 36.1 Å². The molecule has 0 unspecified atom stereocenters. The second-order valence-corrected chi connectivity index (χ2v) is 11.5. The van der Waals surface area contributed by atoms with E-state index < -0.39 is 54.5 Å². The number of fused-ring (bicyclic) bond motifs is 1. The highest BCUT2D eigenvalue weighted by atomic mass is 16.6. The van der Waals surface area contributed by atoms with Gasteiger partial charge >= 0.3 is 11.9 Å². The summed E-state index contributed by atoms with van der Waals surface area (Å²) in [5, 5.41) is 6.83. The summed E-state index contributed by atoms with van der Waals surface area (Å²) < 4.78 is 24.7. The van der Waals surface area contributed by atoms with Crippen molar-refractivity contribution >= 4 is 47.0 Å². The number of nitrogens with two attached hydrogens (primary N) is 3. The first kappa shape index (κ1) is 33.5. The van der Waals surface area contributed by atoms with Gasteiger partial charge in [-0.3, -0.25) is 19.0 Å². The Morgan fingerprint density at radius 1 is 1.11 bits per heavy atom. The summed E-state index contributed by atoms with van der Waals surface area (Å²) in [4.78, 5) is 52.5. The second kappa shape index (κ2) is 14.6. The maximum Gasteiger partial charge on any atom is 0.323 e. The van der Waals surface area contributed by atoms with Crippen LogP contribution in [0.15, 0.2) is 23.8 Å². The zero-order chi connectivity index (χ0) is 32.8. The molecule has 2 aliphatic heterocycles. The maximum atomic E-state index is 13.2. The number of hydrogen-bond acceptors (Lipinski definition) is 15. The van der Waals surface area contributed by atoms with E-state index in [2.05, 4.69) is 30.8 Å². The number of ether oxygens (including phenoxy) is 4. The van der Waals surface area contributed by atoms with Crippen molar-refractivity contribution in [1.82, 2.24) is 24.8 Å². The zero-order valence-corrected chi connectivity index (χ0v) is 26.0. The van der Waals surface area contributed by atoms with Crippen molar-refractivity contribution < 1.29 is 33.3 Å². The molecule has 0 aromatic carbocycles. The minimum atomic E-state index is -1.40. The fourth-order valence-electron chi connectivity index (χ4n) is 4.59. The number of carbonyl (C=O) groups excluding carboxylic acids is 3. The molecule has 1 saturated heterocycles. The van der Waals surface area contributed by atoms with Gasteiger partial charge in [0.25, 0.3) is 5.91 Å². The van der Waals surface area contributed by atoms with E-state index in [1.54, 1.807) is 47.1 Å². The lowest BCUT2D eigenvalue weighted by atomic mass is 10.0. The number of hydrazone groups is 1. The number of nitrogens with one attached hydrogen (secondary N) is 2. The number of likely N-dealkylation sites (N-methyl/N-ethyl adjacent to an activating group) is 1. The first-order chi connectivity index (χ1) is 21.4. The molecule has 2 aliphatic rings. The van der Waals surface area contributed by atoms with Gasteiger partial charge in [0, 0.05) is 6.54 Å². The molecule has 17 heteroatoms. The smallest absolute Gasteiger partial charge is 0.323 e. The van der Waals surface area contributed by atoms with E-state index in [1.807, 2.05) is 6.08 Å². The predicted octanol–water partition coefficient (Wildman–Crippen LogP) is 0.323. The quantitative estimate of drug-likeness (QED) is 0.120. The van der Waals surface area contributed by atoms with Crippen LogP contribution in [0, 0.1) is 11.8 Å². The molecule has 1 amide bonds. The molecule has 4 heterocycles. The monoisotopic (exact) mass is 630 g/mol. The molecule has 1 fully saturated rings. The Balaban J connectivity index is 1.74. The van der Waals surface area contributed by atoms with E-state index >= 15 is 0 Å². The average Bonchev–Trinajstić information content (AvgIpc) is 3.58. The molecule has 0 spiro atoms. The third-order valence-electron chi connectivity index (χ3n) is 7.38. The summed E-state index contributed by atoms with van der Waals surface area (Å²) >= 11 is 0. The van der Waals surface area contributed by atoms with Gasteiger partial charge in [-0.2, -0.15) is 15.1 Å². The van der Waals surface area contributed by atoms with E-state index in [0.29, 0.717) is 0 Å². The van der Waals surface area contributed by atoms with Gasteiger partial charge in [-0.05, 0) is 37.7 Å². The topological polar surface area (TPSA) is 246 Å². The lowest BCUT2D eigenvalue weighted by Crippen LogP contribution is -2.50. The molecular formula is C28H42N10O7. The average molecular weight is 631 g/mol. The Morgan fingerprint density at radius 2 is 1.78 bits per heavy atom. The molecule has 8 N–H and O–H groups in total. The number of carbonyl (C=O) groups is 3. The largest absolute Gasteiger partial charge is 0.493 e. The fourth-order valence-corrected chi connectivity index (χ4v) is 4.59. The summed E-state index contributed by atoms with van der Waals surface area (Å²) in [6.45, 7) is 8.97. The number of rotatable bonds is 12. The number of amides is 1. The van der Waals surface area contributed by atoms with Crippen molar-refractivity contribution in [2.45, 2.75) is 90.2 Å². The molecule has 0 saturated carbocycles. The third-order valence-corrected chi connectivity index (χ3v) is 7.38. The third kappa shape index (κ3) is 7.66. The van der Waals surface area contributed by atoms with E-state index in [1.165, 1.54) is 10.9 Å². The minimum Gasteiger partial charge on any atom is -0.493 e. The van der Waals surface area contributed by atoms with Crippen LogP contribution in [-0.2, 0) is 33.3 Å². The molecule has 2 aromatic rings. The summed E-state index contributed by atoms with van der Waals surface area (Å²) in [6.07, 6.45) is 2.45. The van der Waals surface area contributed by atoms with Gasteiger partial charge in [0.05, 0.1) is 18.8 Å². The number of hydrogen-bond donors (Lipinski definition) is 5. The standard InChI is InChI=1S/C28H42N10O7/c1-6-32-24(39)20-19(44-26(40)16(29)13(2)3)21(45-27(41)17(30)14(4)5)25(43-20)38-12-33-18-22(31)35-28(36-23(18)38)37-34-11-15-9-7-8-10-42-15/h8,10-17,19-21,25H,6-7,9,29-30H2,1-5H3,(H,32,39)(H3,31,35,36,37)/b34-11+/t15-,16+,17+,19-,20+,21-,25-/m1/s1.